The summed E-state index contributed by atoms with van der Waals surface area (Å²) >= 11 is 0. The Bertz CT molecular complexity index is 281. The van der Waals surface area contributed by atoms with Crippen molar-refractivity contribution in [3.8, 4) is 0 Å². The largest absolute Gasteiger partial charge is 0.311 e. The van der Waals surface area contributed by atoms with Crippen molar-refractivity contribution in [1.82, 2.24) is 10.2 Å². The summed E-state index contributed by atoms with van der Waals surface area (Å²) in [5, 5.41) is 3.92. The predicted octanol–water partition coefficient (Wildman–Crippen LogP) is 3.03. The summed E-state index contributed by atoms with van der Waals surface area (Å²) in [5.41, 5.74) is 0.458. The molecule has 104 valence electrons. The highest BCUT2D eigenvalue weighted by molar-refractivity contribution is 5.05. The lowest BCUT2D eigenvalue weighted by atomic mass is 9.80. The van der Waals surface area contributed by atoms with Crippen LogP contribution in [-0.2, 0) is 0 Å². The van der Waals surface area contributed by atoms with E-state index in [-0.39, 0.29) is 0 Å². The first-order valence-electron chi connectivity index (χ1n) is 8.22. The molecule has 0 aromatic heterocycles. The summed E-state index contributed by atoms with van der Waals surface area (Å²) < 4.78 is 0. The van der Waals surface area contributed by atoms with Crippen LogP contribution in [-0.4, -0.2) is 36.1 Å². The van der Waals surface area contributed by atoms with Gasteiger partial charge in [0.15, 0.2) is 0 Å². The number of rotatable bonds is 3. The molecule has 1 heterocycles. The van der Waals surface area contributed by atoms with E-state index in [0.717, 1.165) is 17.9 Å². The molecule has 3 rings (SSSR count). The molecule has 0 radical (unpaired) electrons. The Kier molecular flexibility index (Phi) is 3.68. The molecule has 2 unspecified atom stereocenters. The first kappa shape index (κ1) is 12.9. The molecular weight excluding hydrogens is 220 g/mol. The van der Waals surface area contributed by atoms with E-state index in [9.17, 15) is 0 Å². The van der Waals surface area contributed by atoms with Gasteiger partial charge in [-0.3, -0.25) is 4.90 Å². The monoisotopic (exact) mass is 250 g/mol. The van der Waals surface area contributed by atoms with Crippen molar-refractivity contribution in [3.63, 3.8) is 0 Å². The van der Waals surface area contributed by atoms with Crippen LogP contribution < -0.4 is 5.32 Å². The van der Waals surface area contributed by atoms with Crippen LogP contribution in [0.2, 0.25) is 0 Å². The molecule has 1 saturated heterocycles. The van der Waals surface area contributed by atoms with Crippen LogP contribution in [0.3, 0.4) is 0 Å². The Morgan fingerprint density at radius 1 is 1.11 bits per heavy atom. The molecule has 0 aromatic rings. The lowest BCUT2D eigenvalue weighted by Gasteiger charge is -2.50. The van der Waals surface area contributed by atoms with Gasteiger partial charge in [0, 0.05) is 24.7 Å². The number of piperazine rings is 1. The van der Waals surface area contributed by atoms with Gasteiger partial charge in [0.2, 0.25) is 0 Å². The van der Waals surface area contributed by atoms with Gasteiger partial charge in [0.05, 0.1) is 0 Å². The van der Waals surface area contributed by atoms with E-state index in [2.05, 4.69) is 24.1 Å². The topological polar surface area (TPSA) is 15.3 Å². The average Bonchev–Trinajstić information content (AvgIpc) is 3.25. The summed E-state index contributed by atoms with van der Waals surface area (Å²) in [7, 11) is 0. The van der Waals surface area contributed by atoms with Gasteiger partial charge in [-0.2, -0.15) is 0 Å². The minimum absolute atomic E-state index is 0.458. The lowest BCUT2D eigenvalue weighted by molar-refractivity contribution is 0.0218. The molecule has 0 spiro atoms. The van der Waals surface area contributed by atoms with Crippen LogP contribution in [0.1, 0.15) is 58.8 Å². The van der Waals surface area contributed by atoms with E-state index in [0.29, 0.717) is 5.54 Å². The number of nitrogens with zero attached hydrogens (tertiary/aromatic N) is 1. The van der Waals surface area contributed by atoms with Crippen LogP contribution in [0.15, 0.2) is 0 Å². The third kappa shape index (κ3) is 2.34. The van der Waals surface area contributed by atoms with E-state index in [1.807, 2.05) is 0 Å². The predicted molar refractivity (Wildman–Crippen MR) is 76.7 cm³/mol. The molecule has 0 bridgehead atoms. The number of hydrogen-bond donors (Lipinski definition) is 1. The zero-order chi connectivity index (χ0) is 12.6. The molecule has 1 N–H and O–H groups in total. The molecule has 1 aliphatic heterocycles. The van der Waals surface area contributed by atoms with Crippen LogP contribution in [0.5, 0.6) is 0 Å². The van der Waals surface area contributed by atoms with Gasteiger partial charge in [-0.1, -0.05) is 26.2 Å². The SMILES string of the molecule is CCN1CC(C2CCCCC2)NCC1(C)C1CC1. The Balaban J connectivity index is 1.64. The third-order valence-electron chi connectivity index (χ3n) is 5.92. The highest BCUT2D eigenvalue weighted by Crippen LogP contribution is 2.44. The van der Waals surface area contributed by atoms with Crippen molar-refractivity contribution in [2.75, 3.05) is 19.6 Å². The second-order valence-corrected chi connectivity index (χ2v) is 7.06. The molecule has 0 aromatic carbocycles. The van der Waals surface area contributed by atoms with Gasteiger partial charge in [0.1, 0.15) is 0 Å². The van der Waals surface area contributed by atoms with Crippen molar-refractivity contribution in [2.45, 2.75) is 70.4 Å². The summed E-state index contributed by atoms with van der Waals surface area (Å²) in [6.07, 6.45) is 10.3. The Labute approximate surface area is 113 Å². The number of hydrogen-bond acceptors (Lipinski definition) is 2. The molecule has 2 heteroatoms. The molecular formula is C16H30N2. The van der Waals surface area contributed by atoms with Gasteiger partial charge in [0.25, 0.3) is 0 Å². The van der Waals surface area contributed by atoms with Crippen molar-refractivity contribution >= 4 is 0 Å². The zero-order valence-corrected chi connectivity index (χ0v) is 12.3. The summed E-state index contributed by atoms with van der Waals surface area (Å²) in [4.78, 5) is 2.79. The smallest absolute Gasteiger partial charge is 0.0334 e. The van der Waals surface area contributed by atoms with Gasteiger partial charge < -0.3 is 5.32 Å². The molecule has 3 aliphatic rings. The maximum Gasteiger partial charge on any atom is 0.0334 e. The maximum atomic E-state index is 3.92. The van der Waals surface area contributed by atoms with Crippen molar-refractivity contribution < 1.29 is 0 Å². The van der Waals surface area contributed by atoms with E-state index in [1.54, 1.807) is 0 Å². The first-order chi connectivity index (χ1) is 8.74. The van der Waals surface area contributed by atoms with E-state index >= 15 is 0 Å². The molecule has 2 nitrogen and oxygen atoms in total. The van der Waals surface area contributed by atoms with Crippen LogP contribution >= 0.6 is 0 Å². The van der Waals surface area contributed by atoms with Gasteiger partial charge in [-0.05, 0) is 51.0 Å². The zero-order valence-electron chi connectivity index (χ0n) is 12.3. The lowest BCUT2D eigenvalue weighted by Crippen LogP contribution is -2.65. The third-order valence-corrected chi connectivity index (χ3v) is 5.92. The summed E-state index contributed by atoms with van der Waals surface area (Å²) in [6.45, 7) is 8.61. The normalized spacial score (nSPS) is 40.0. The highest BCUT2D eigenvalue weighted by atomic mass is 15.3. The van der Waals surface area contributed by atoms with E-state index in [1.165, 1.54) is 64.6 Å². The van der Waals surface area contributed by atoms with Crippen molar-refractivity contribution in [2.24, 2.45) is 11.8 Å². The fraction of sp³-hybridized carbons (Fsp3) is 1.00. The second kappa shape index (κ2) is 5.13. The molecule has 2 atom stereocenters. The van der Waals surface area contributed by atoms with Crippen molar-refractivity contribution in [1.29, 1.82) is 0 Å². The second-order valence-electron chi connectivity index (χ2n) is 7.06. The molecule has 3 fully saturated rings. The van der Waals surface area contributed by atoms with E-state index < -0.39 is 0 Å². The quantitative estimate of drug-likeness (QED) is 0.828. The summed E-state index contributed by atoms with van der Waals surface area (Å²) in [5.74, 6) is 1.92. The highest BCUT2D eigenvalue weighted by Gasteiger charge is 2.48. The average molecular weight is 250 g/mol. The van der Waals surface area contributed by atoms with Crippen LogP contribution in [0, 0.1) is 11.8 Å². The molecule has 18 heavy (non-hydrogen) atoms. The van der Waals surface area contributed by atoms with Gasteiger partial charge >= 0.3 is 0 Å². The maximum absolute atomic E-state index is 3.92. The molecule has 0 amide bonds. The first-order valence-corrected chi connectivity index (χ1v) is 8.22. The minimum atomic E-state index is 0.458. The number of likely N-dealkylation sites (N-methyl/N-ethyl adjacent to an activating group) is 1. The Hall–Kier alpha value is -0.0800. The minimum Gasteiger partial charge on any atom is -0.311 e. The fourth-order valence-electron chi connectivity index (χ4n) is 4.41. The number of nitrogens with one attached hydrogen (secondary N) is 1. The van der Waals surface area contributed by atoms with E-state index in [4.69, 9.17) is 0 Å². The Morgan fingerprint density at radius 2 is 1.83 bits per heavy atom. The van der Waals surface area contributed by atoms with Crippen molar-refractivity contribution in [3.05, 3.63) is 0 Å². The molecule has 2 saturated carbocycles. The van der Waals surface area contributed by atoms with Crippen LogP contribution in [0.25, 0.3) is 0 Å². The fourth-order valence-corrected chi connectivity index (χ4v) is 4.41. The van der Waals surface area contributed by atoms with Gasteiger partial charge in [-0.15, -0.1) is 0 Å². The standard InChI is InChI=1S/C16H30N2/c1-3-18-11-15(13-7-5-4-6-8-13)17-12-16(18,2)14-9-10-14/h13-15,17H,3-12H2,1-2H3. The summed E-state index contributed by atoms with van der Waals surface area (Å²) in [6, 6.07) is 0.775. The Morgan fingerprint density at radius 3 is 2.44 bits per heavy atom. The van der Waals surface area contributed by atoms with Crippen LogP contribution in [0.4, 0.5) is 0 Å². The van der Waals surface area contributed by atoms with Gasteiger partial charge in [-0.25, -0.2) is 0 Å². The molecule has 2 aliphatic carbocycles.